The monoisotopic (exact) mass is 331 g/mol. The first-order valence-electron chi connectivity index (χ1n) is 8.30. The molecule has 1 heterocycles. The molecule has 0 aliphatic heterocycles. The Balaban J connectivity index is 1.66. The molecule has 1 N–H and O–H groups in total. The first kappa shape index (κ1) is 16.9. The fourth-order valence-electron chi connectivity index (χ4n) is 2.63. The second kappa shape index (κ2) is 8.76. The van der Waals surface area contributed by atoms with Gasteiger partial charge >= 0.3 is 0 Å². The van der Waals surface area contributed by atoms with Crippen LogP contribution in [0.5, 0.6) is 0 Å². The zero-order chi connectivity index (χ0) is 17.3. The SMILES string of the molecule is O=C(NCN(Cc1ccccc1)Cc1ccccc1)c1cccnc1. The van der Waals surface area contributed by atoms with Crippen molar-refractivity contribution in [1.82, 2.24) is 15.2 Å². The number of rotatable bonds is 7. The van der Waals surface area contributed by atoms with Crippen LogP contribution in [0.3, 0.4) is 0 Å². The van der Waals surface area contributed by atoms with E-state index in [0.29, 0.717) is 12.2 Å². The highest BCUT2D eigenvalue weighted by Gasteiger charge is 2.10. The number of nitrogens with one attached hydrogen (secondary N) is 1. The van der Waals surface area contributed by atoms with Gasteiger partial charge in [0.2, 0.25) is 0 Å². The Bertz CT molecular complexity index is 735. The normalized spacial score (nSPS) is 10.6. The fourth-order valence-corrected chi connectivity index (χ4v) is 2.63. The summed E-state index contributed by atoms with van der Waals surface area (Å²) in [5.41, 5.74) is 3.00. The van der Waals surface area contributed by atoms with Gasteiger partial charge in [0.15, 0.2) is 0 Å². The Morgan fingerprint density at radius 2 is 1.44 bits per heavy atom. The predicted molar refractivity (Wildman–Crippen MR) is 98.7 cm³/mol. The van der Waals surface area contributed by atoms with Crippen LogP contribution < -0.4 is 5.32 Å². The summed E-state index contributed by atoms with van der Waals surface area (Å²) in [7, 11) is 0. The molecule has 0 saturated carbocycles. The number of carbonyl (C=O) groups excluding carboxylic acids is 1. The molecule has 0 radical (unpaired) electrons. The van der Waals surface area contributed by atoms with Crippen molar-refractivity contribution in [3.8, 4) is 0 Å². The van der Waals surface area contributed by atoms with Crippen LogP contribution >= 0.6 is 0 Å². The number of hydrogen-bond donors (Lipinski definition) is 1. The highest BCUT2D eigenvalue weighted by atomic mass is 16.1. The van der Waals surface area contributed by atoms with Gasteiger partial charge in [-0.05, 0) is 23.3 Å². The highest BCUT2D eigenvalue weighted by molar-refractivity contribution is 5.93. The van der Waals surface area contributed by atoms with Crippen molar-refractivity contribution >= 4 is 5.91 Å². The van der Waals surface area contributed by atoms with Crippen LogP contribution in [0.4, 0.5) is 0 Å². The van der Waals surface area contributed by atoms with E-state index in [-0.39, 0.29) is 5.91 Å². The van der Waals surface area contributed by atoms with Crippen LogP contribution in [0.15, 0.2) is 85.2 Å². The average molecular weight is 331 g/mol. The number of pyridine rings is 1. The third-order valence-electron chi connectivity index (χ3n) is 3.88. The van der Waals surface area contributed by atoms with Crippen LogP contribution in [0.1, 0.15) is 21.5 Å². The molecule has 0 aliphatic carbocycles. The molecule has 25 heavy (non-hydrogen) atoms. The van der Waals surface area contributed by atoms with E-state index in [0.717, 1.165) is 13.1 Å². The molecule has 1 amide bonds. The lowest BCUT2D eigenvalue weighted by Gasteiger charge is -2.23. The number of benzene rings is 2. The summed E-state index contributed by atoms with van der Waals surface area (Å²) in [6.07, 6.45) is 3.24. The van der Waals surface area contributed by atoms with Crippen LogP contribution in [0.2, 0.25) is 0 Å². The number of carbonyl (C=O) groups is 1. The standard InChI is InChI=1S/C21H21N3O/c25-21(20-12-7-13-22-14-20)23-17-24(15-18-8-3-1-4-9-18)16-19-10-5-2-6-11-19/h1-14H,15-17H2,(H,23,25). The number of hydrogen-bond acceptors (Lipinski definition) is 3. The van der Waals surface area contributed by atoms with Crippen molar-refractivity contribution in [2.75, 3.05) is 6.67 Å². The fraction of sp³-hybridized carbons (Fsp3) is 0.143. The smallest absolute Gasteiger partial charge is 0.253 e. The Morgan fingerprint density at radius 3 is 1.96 bits per heavy atom. The molecular weight excluding hydrogens is 310 g/mol. The van der Waals surface area contributed by atoms with Crippen molar-refractivity contribution in [2.24, 2.45) is 0 Å². The Labute approximate surface area is 148 Å². The van der Waals surface area contributed by atoms with Gasteiger partial charge in [0.25, 0.3) is 5.91 Å². The van der Waals surface area contributed by atoms with Gasteiger partial charge in [0, 0.05) is 25.5 Å². The molecule has 0 saturated heterocycles. The minimum Gasteiger partial charge on any atom is -0.339 e. The van der Waals surface area contributed by atoms with Crippen LogP contribution in [-0.4, -0.2) is 22.5 Å². The van der Waals surface area contributed by atoms with E-state index in [4.69, 9.17) is 0 Å². The van der Waals surface area contributed by atoms with Crippen molar-refractivity contribution in [1.29, 1.82) is 0 Å². The molecule has 3 aromatic rings. The van der Waals surface area contributed by atoms with Gasteiger partial charge in [-0.25, -0.2) is 0 Å². The molecule has 1 aromatic heterocycles. The Morgan fingerprint density at radius 1 is 0.840 bits per heavy atom. The van der Waals surface area contributed by atoms with Crippen LogP contribution in [0, 0.1) is 0 Å². The topological polar surface area (TPSA) is 45.2 Å². The second-order valence-corrected chi connectivity index (χ2v) is 5.86. The van der Waals surface area contributed by atoms with Gasteiger partial charge in [-0.3, -0.25) is 14.7 Å². The maximum absolute atomic E-state index is 12.3. The second-order valence-electron chi connectivity index (χ2n) is 5.86. The molecular formula is C21H21N3O. The third kappa shape index (κ3) is 5.26. The van der Waals surface area contributed by atoms with E-state index in [1.54, 1.807) is 24.5 Å². The van der Waals surface area contributed by atoms with Gasteiger partial charge < -0.3 is 5.32 Å². The summed E-state index contributed by atoms with van der Waals surface area (Å²) in [6.45, 7) is 2.00. The molecule has 126 valence electrons. The summed E-state index contributed by atoms with van der Waals surface area (Å²) in [6, 6.07) is 24.1. The summed E-state index contributed by atoms with van der Waals surface area (Å²) < 4.78 is 0. The lowest BCUT2D eigenvalue weighted by Crippen LogP contribution is -2.37. The van der Waals surface area contributed by atoms with Gasteiger partial charge in [-0.15, -0.1) is 0 Å². The number of aromatic nitrogens is 1. The summed E-state index contributed by atoms with van der Waals surface area (Å²) in [5.74, 6) is -0.112. The molecule has 0 atom stereocenters. The predicted octanol–water partition coefficient (Wildman–Crippen LogP) is 3.47. The van der Waals surface area contributed by atoms with Crippen molar-refractivity contribution in [3.63, 3.8) is 0 Å². The first-order valence-corrected chi connectivity index (χ1v) is 8.30. The van der Waals surface area contributed by atoms with E-state index < -0.39 is 0 Å². The molecule has 2 aromatic carbocycles. The van der Waals surface area contributed by atoms with Crippen molar-refractivity contribution in [2.45, 2.75) is 13.1 Å². The van der Waals surface area contributed by atoms with Crippen LogP contribution in [-0.2, 0) is 13.1 Å². The van der Waals surface area contributed by atoms with E-state index in [2.05, 4.69) is 39.5 Å². The van der Waals surface area contributed by atoms with Gasteiger partial charge in [0.1, 0.15) is 0 Å². The quantitative estimate of drug-likeness (QED) is 0.674. The summed E-state index contributed by atoms with van der Waals surface area (Å²) in [5, 5.41) is 2.99. The van der Waals surface area contributed by atoms with E-state index >= 15 is 0 Å². The van der Waals surface area contributed by atoms with Crippen molar-refractivity contribution < 1.29 is 4.79 Å². The molecule has 0 unspecified atom stereocenters. The summed E-state index contributed by atoms with van der Waals surface area (Å²) in [4.78, 5) is 18.5. The van der Waals surface area contributed by atoms with Gasteiger partial charge in [0.05, 0.1) is 12.2 Å². The lowest BCUT2D eigenvalue weighted by atomic mass is 10.2. The molecule has 0 fully saturated rings. The van der Waals surface area contributed by atoms with E-state index in [1.807, 2.05) is 36.4 Å². The molecule has 4 heteroatoms. The first-order chi connectivity index (χ1) is 12.3. The van der Waals surface area contributed by atoms with E-state index in [9.17, 15) is 4.79 Å². The average Bonchev–Trinajstić information content (AvgIpc) is 2.68. The van der Waals surface area contributed by atoms with E-state index in [1.165, 1.54) is 11.1 Å². The maximum atomic E-state index is 12.3. The summed E-state index contributed by atoms with van der Waals surface area (Å²) >= 11 is 0. The third-order valence-corrected chi connectivity index (χ3v) is 3.88. The lowest BCUT2D eigenvalue weighted by molar-refractivity contribution is 0.0916. The Hall–Kier alpha value is -2.98. The molecule has 4 nitrogen and oxygen atoms in total. The molecule has 0 bridgehead atoms. The molecule has 0 aliphatic rings. The molecule has 3 rings (SSSR count). The minimum atomic E-state index is -0.112. The van der Waals surface area contributed by atoms with Gasteiger partial charge in [-0.2, -0.15) is 0 Å². The zero-order valence-electron chi connectivity index (χ0n) is 14.0. The minimum absolute atomic E-state index is 0.112. The molecule has 0 spiro atoms. The Kier molecular flexibility index (Phi) is 5.91. The van der Waals surface area contributed by atoms with Gasteiger partial charge in [-0.1, -0.05) is 60.7 Å². The zero-order valence-corrected chi connectivity index (χ0v) is 14.0. The number of amides is 1. The van der Waals surface area contributed by atoms with Crippen LogP contribution in [0.25, 0.3) is 0 Å². The largest absolute Gasteiger partial charge is 0.339 e. The number of nitrogens with zero attached hydrogens (tertiary/aromatic N) is 2. The highest BCUT2D eigenvalue weighted by Crippen LogP contribution is 2.09. The maximum Gasteiger partial charge on any atom is 0.253 e. The van der Waals surface area contributed by atoms with Crippen molar-refractivity contribution in [3.05, 3.63) is 102 Å².